The molecule has 44 heavy (non-hydrogen) atoms. The smallest absolute Gasteiger partial charge is 0.0184 e. The van der Waals surface area contributed by atoms with Crippen LogP contribution in [-0.2, 0) is 0 Å². The predicted octanol–water partition coefficient (Wildman–Crippen LogP) is 13.0. The summed E-state index contributed by atoms with van der Waals surface area (Å²) >= 11 is 0. The van der Waals surface area contributed by atoms with Crippen LogP contribution in [0.2, 0.25) is 0 Å². The van der Waals surface area contributed by atoms with E-state index in [-0.39, 0.29) is 49.6 Å². The Bertz CT molecular complexity index is 1390. The van der Waals surface area contributed by atoms with Gasteiger partial charge in [-0.05, 0) is 43.1 Å². The Kier molecular flexibility index (Phi) is 18.0. The second-order valence-corrected chi connectivity index (χ2v) is 9.39. The van der Waals surface area contributed by atoms with Crippen molar-refractivity contribution in [2.24, 2.45) is 0 Å². The van der Waals surface area contributed by atoms with Gasteiger partial charge >= 0.3 is 0 Å². The van der Waals surface area contributed by atoms with Gasteiger partial charge in [-0.3, -0.25) is 0 Å². The Morgan fingerprint density at radius 3 is 0.273 bits per heavy atom. The number of rotatable bonds is 0. The second-order valence-electron chi connectivity index (χ2n) is 9.39. The highest BCUT2D eigenvalue weighted by Crippen LogP contribution is 2.13. The predicted molar refractivity (Wildman–Crippen MR) is 205 cm³/mol. The first-order chi connectivity index (χ1) is 19.9. The molecule has 0 fully saturated rings. The molecule has 0 aliphatic rings. The monoisotopic (exact) mass is 656 g/mol. The highest BCUT2D eigenvalue weighted by molar-refractivity contribution is 5.86. The molecule has 8 aromatic carbocycles. The first-order valence-corrected chi connectivity index (χ1v) is 13.6. The summed E-state index contributed by atoms with van der Waals surface area (Å²) in [4.78, 5) is 0. The molecular formula is C40H36Cl4. The summed E-state index contributed by atoms with van der Waals surface area (Å²) in [7, 11) is 0. The molecule has 0 heterocycles. The lowest BCUT2D eigenvalue weighted by molar-refractivity contribution is 1.75. The average molecular weight is 659 g/mol. The van der Waals surface area contributed by atoms with Crippen LogP contribution in [0.1, 0.15) is 0 Å². The van der Waals surface area contributed by atoms with Gasteiger partial charge in [0, 0.05) is 0 Å². The minimum Gasteiger partial charge on any atom is -0.147 e. The summed E-state index contributed by atoms with van der Waals surface area (Å²) in [5, 5.41) is 10.5. The Labute approximate surface area is 285 Å². The van der Waals surface area contributed by atoms with E-state index >= 15 is 0 Å². The van der Waals surface area contributed by atoms with E-state index in [2.05, 4.69) is 194 Å². The van der Waals surface area contributed by atoms with Crippen molar-refractivity contribution in [3.05, 3.63) is 194 Å². The van der Waals surface area contributed by atoms with Crippen molar-refractivity contribution in [3.8, 4) is 0 Å². The summed E-state index contributed by atoms with van der Waals surface area (Å²) in [6, 6.07) is 66.9. The van der Waals surface area contributed by atoms with Crippen LogP contribution in [0.5, 0.6) is 0 Å². The molecule has 0 bridgehead atoms. The molecule has 0 saturated carbocycles. The largest absolute Gasteiger partial charge is 0.147 e. The van der Waals surface area contributed by atoms with Gasteiger partial charge in [-0.2, -0.15) is 0 Å². The molecule has 8 rings (SSSR count). The number of benzene rings is 8. The molecule has 0 amide bonds. The maximum atomic E-state index is 2.12. The number of fused-ring (bicyclic) bond motifs is 4. The van der Waals surface area contributed by atoms with Crippen LogP contribution in [0.3, 0.4) is 0 Å². The quantitative estimate of drug-likeness (QED) is 0.152. The van der Waals surface area contributed by atoms with Crippen molar-refractivity contribution in [1.29, 1.82) is 0 Å². The molecule has 4 heteroatoms. The van der Waals surface area contributed by atoms with Gasteiger partial charge in [-0.15, -0.1) is 49.6 Å². The van der Waals surface area contributed by atoms with Crippen molar-refractivity contribution < 1.29 is 0 Å². The third-order valence-electron chi connectivity index (χ3n) is 6.63. The van der Waals surface area contributed by atoms with Crippen molar-refractivity contribution in [2.75, 3.05) is 0 Å². The van der Waals surface area contributed by atoms with Crippen molar-refractivity contribution >= 4 is 92.7 Å². The first-order valence-electron chi connectivity index (χ1n) is 13.6. The molecule has 0 atom stereocenters. The molecule has 0 aromatic heterocycles. The van der Waals surface area contributed by atoms with E-state index in [1.165, 1.54) is 43.1 Å². The molecule has 0 aliphatic carbocycles. The van der Waals surface area contributed by atoms with Gasteiger partial charge in [0.25, 0.3) is 0 Å². The highest BCUT2D eigenvalue weighted by Gasteiger charge is 1.87. The van der Waals surface area contributed by atoms with E-state index in [1.54, 1.807) is 0 Å². The SMILES string of the molecule is Cl.Cl.Cl.Cl.c1ccc2ccccc2c1.c1ccc2ccccc2c1.c1ccc2ccccc2c1.c1ccc2ccccc2c1. The lowest BCUT2D eigenvalue weighted by Gasteiger charge is -1.92. The van der Waals surface area contributed by atoms with Crippen LogP contribution in [0, 0.1) is 0 Å². The van der Waals surface area contributed by atoms with Gasteiger partial charge in [0.1, 0.15) is 0 Å². The molecule has 0 unspecified atom stereocenters. The van der Waals surface area contributed by atoms with Gasteiger partial charge in [-0.1, -0.05) is 194 Å². The van der Waals surface area contributed by atoms with Crippen LogP contribution in [0.4, 0.5) is 0 Å². The Balaban J connectivity index is 0.000000285. The molecule has 0 saturated heterocycles. The molecule has 224 valence electrons. The molecule has 0 radical (unpaired) electrons. The standard InChI is InChI=1S/4C10H8.4ClH/c4*1-2-6-10-8-4-3-7-9(10)5-1;;;;/h4*1-8H;4*1H. The van der Waals surface area contributed by atoms with E-state index in [1.807, 2.05) is 0 Å². The zero-order valence-corrected chi connectivity index (χ0v) is 27.4. The van der Waals surface area contributed by atoms with Gasteiger partial charge in [0.05, 0.1) is 0 Å². The van der Waals surface area contributed by atoms with E-state index in [9.17, 15) is 0 Å². The number of halogens is 4. The lowest BCUT2D eigenvalue weighted by Crippen LogP contribution is -1.67. The number of hydrogen-bond donors (Lipinski definition) is 0. The van der Waals surface area contributed by atoms with Crippen molar-refractivity contribution in [1.82, 2.24) is 0 Å². The normalized spacial score (nSPS) is 9.09. The fourth-order valence-electron chi connectivity index (χ4n) is 4.53. The Morgan fingerprint density at radius 1 is 0.136 bits per heavy atom. The summed E-state index contributed by atoms with van der Waals surface area (Å²) in [5.41, 5.74) is 0. The first kappa shape index (κ1) is 38.0. The molecule has 0 nitrogen and oxygen atoms in total. The summed E-state index contributed by atoms with van der Waals surface area (Å²) in [5.74, 6) is 0. The summed E-state index contributed by atoms with van der Waals surface area (Å²) in [6.45, 7) is 0. The molecule has 0 spiro atoms. The molecular weight excluding hydrogens is 622 g/mol. The summed E-state index contributed by atoms with van der Waals surface area (Å²) in [6.07, 6.45) is 0. The third-order valence-corrected chi connectivity index (χ3v) is 6.63. The molecule has 0 N–H and O–H groups in total. The van der Waals surface area contributed by atoms with Gasteiger partial charge in [0.15, 0.2) is 0 Å². The van der Waals surface area contributed by atoms with Crippen molar-refractivity contribution in [3.63, 3.8) is 0 Å². The van der Waals surface area contributed by atoms with Crippen LogP contribution in [-0.4, -0.2) is 0 Å². The van der Waals surface area contributed by atoms with Crippen LogP contribution < -0.4 is 0 Å². The van der Waals surface area contributed by atoms with Gasteiger partial charge in [-0.25, -0.2) is 0 Å². The fraction of sp³-hybridized carbons (Fsp3) is 0. The topological polar surface area (TPSA) is 0 Å². The van der Waals surface area contributed by atoms with Gasteiger partial charge in [0.2, 0.25) is 0 Å². The average Bonchev–Trinajstić information content (AvgIpc) is 3.06. The Hall–Kier alpha value is -4.04. The highest BCUT2D eigenvalue weighted by atomic mass is 35.5. The minimum atomic E-state index is 0. The maximum Gasteiger partial charge on any atom is -0.0184 e. The zero-order chi connectivity index (χ0) is 27.2. The zero-order valence-electron chi connectivity index (χ0n) is 24.1. The fourth-order valence-corrected chi connectivity index (χ4v) is 4.53. The van der Waals surface area contributed by atoms with E-state index in [0.717, 1.165) is 0 Å². The maximum absolute atomic E-state index is 2.12. The van der Waals surface area contributed by atoms with E-state index < -0.39 is 0 Å². The lowest BCUT2D eigenvalue weighted by atomic mass is 10.1. The van der Waals surface area contributed by atoms with Crippen molar-refractivity contribution in [2.45, 2.75) is 0 Å². The van der Waals surface area contributed by atoms with E-state index in [0.29, 0.717) is 0 Å². The molecule has 8 aromatic rings. The third kappa shape index (κ3) is 11.2. The van der Waals surface area contributed by atoms with Gasteiger partial charge < -0.3 is 0 Å². The van der Waals surface area contributed by atoms with Crippen LogP contribution in [0.25, 0.3) is 43.1 Å². The van der Waals surface area contributed by atoms with E-state index in [4.69, 9.17) is 0 Å². The summed E-state index contributed by atoms with van der Waals surface area (Å²) < 4.78 is 0. The van der Waals surface area contributed by atoms with Crippen LogP contribution in [0.15, 0.2) is 194 Å². The second kappa shape index (κ2) is 20.8. The Morgan fingerprint density at radius 2 is 0.205 bits per heavy atom. The van der Waals surface area contributed by atoms with Crippen LogP contribution >= 0.6 is 49.6 Å². The minimum absolute atomic E-state index is 0. The number of hydrogen-bond acceptors (Lipinski definition) is 0. The molecule has 0 aliphatic heterocycles.